The van der Waals surface area contributed by atoms with Gasteiger partial charge in [0.2, 0.25) is 0 Å². The number of ether oxygens (including phenoxy) is 3. The Morgan fingerprint density at radius 1 is 1.26 bits per heavy atom. The summed E-state index contributed by atoms with van der Waals surface area (Å²) in [4.78, 5) is 15.4. The molecule has 0 saturated heterocycles. The topological polar surface area (TPSA) is 80.2 Å². The average molecular weight is 376 g/mol. The summed E-state index contributed by atoms with van der Waals surface area (Å²) < 4.78 is 15.8. The van der Waals surface area contributed by atoms with Gasteiger partial charge in [0.25, 0.3) is 0 Å². The van der Waals surface area contributed by atoms with Crippen molar-refractivity contribution in [2.24, 2.45) is 10.9 Å². The summed E-state index contributed by atoms with van der Waals surface area (Å²) in [5, 5.41) is 11.5. The molecule has 6 heteroatoms. The van der Waals surface area contributed by atoms with E-state index in [2.05, 4.69) is 17.1 Å². The minimum Gasteiger partial charge on any atom is -0.595 e. The van der Waals surface area contributed by atoms with Gasteiger partial charge in [-0.2, -0.15) is 0 Å². The third kappa shape index (κ3) is 7.89. The van der Waals surface area contributed by atoms with Crippen molar-refractivity contribution >= 4 is 12.1 Å². The zero-order valence-corrected chi connectivity index (χ0v) is 16.7. The van der Waals surface area contributed by atoms with E-state index in [1.54, 1.807) is 0 Å². The fourth-order valence-corrected chi connectivity index (χ4v) is 2.85. The highest BCUT2D eigenvalue weighted by Crippen LogP contribution is 2.49. The number of benzene rings is 1. The van der Waals surface area contributed by atoms with Gasteiger partial charge in [-0.15, -0.1) is 0 Å². The van der Waals surface area contributed by atoms with Gasteiger partial charge < -0.3 is 19.3 Å². The third-order valence-corrected chi connectivity index (χ3v) is 4.17. The predicted molar refractivity (Wildman–Crippen MR) is 102 cm³/mol. The molecule has 0 bridgehead atoms. The molecule has 6 nitrogen and oxygen atoms in total. The van der Waals surface area contributed by atoms with Crippen molar-refractivity contribution in [2.45, 2.75) is 58.5 Å². The summed E-state index contributed by atoms with van der Waals surface area (Å²) in [6, 6.07) is 7.99. The number of aliphatic imine (C=N–C) groups is 1. The molecule has 1 aromatic rings. The molecule has 2 rings (SSSR count). The van der Waals surface area contributed by atoms with Gasteiger partial charge in [-0.3, -0.25) is 9.79 Å². The second kappa shape index (κ2) is 9.62. The van der Waals surface area contributed by atoms with Crippen LogP contribution in [0.1, 0.15) is 58.4 Å². The average Bonchev–Trinajstić information content (AvgIpc) is 3.32. The molecule has 2 unspecified atom stereocenters. The summed E-state index contributed by atoms with van der Waals surface area (Å²) in [6.07, 6.45) is 1.64. The molecule has 0 N–H and O–H groups in total. The highest BCUT2D eigenvalue weighted by atomic mass is 16.6. The molecule has 150 valence electrons. The van der Waals surface area contributed by atoms with E-state index in [0.717, 1.165) is 12.2 Å². The molecule has 1 aliphatic carbocycles. The monoisotopic (exact) mass is 376 g/mol. The molecule has 0 amide bonds. The molecule has 0 aliphatic heterocycles. The van der Waals surface area contributed by atoms with Crippen LogP contribution in [0.5, 0.6) is 5.75 Å². The smallest absolute Gasteiger partial charge is 0.306 e. The molecule has 1 saturated carbocycles. The second-order valence-electron chi connectivity index (χ2n) is 7.74. The van der Waals surface area contributed by atoms with E-state index in [0.29, 0.717) is 44.4 Å². The molecule has 0 aromatic heterocycles. The van der Waals surface area contributed by atoms with Gasteiger partial charge in [0.1, 0.15) is 11.8 Å². The Morgan fingerprint density at radius 3 is 2.59 bits per heavy atom. The summed E-state index contributed by atoms with van der Waals surface area (Å²) in [7, 11) is 0. The fraction of sp³-hybridized carbons (Fsp3) is 0.619. The minimum atomic E-state index is -0.534. The zero-order valence-electron chi connectivity index (χ0n) is 16.7. The molecule has 1 aromatic carbocycles. The molecule has 2 atom stereocenters. The SMILES string of the molecule is CCOC(=O)CC1CC1c1ccc(OCCCN=C([O-])OC(C)(C)C)cc1. The maximum absolute atomic E-state index is 11.5. The Labute approximate surface area is 161 Å². The minimum absolute atomic E-state index is 0.109. The Morgan fingerprint density at radius 2 is 1.96 bits per heavy atom. The lowest BCUT2D eigenvalue weighted by molar-refractivity contribution is -0.260. The van der Waals surface area contributed by atoms with E-state index < -0.39 is 11.7 Å². The predicted octanol–water partition coefficient (Wildman–Crippen LogP) is 3.04. The van der Waals surface area contributed by atoms with Crippen molar-refractivity contribution in [3.05, 3.63) is 29.8 Å². The van der Waals surface area contributed by atoms with Crippen LogP contribution in [0.2, 0.25) is 0 Å². The van der Waals surface area contributed by atoms with E-state index in [1.807, 2.05) is 39.8 Å². The maximum Gasteiger partial charge on any atom is 0.306 e. The van der Waals surface area contributed by atoms with Crippen molar-refractivity contribution in [2.75, 3.05) is 19.8 Å². The number of carbonyl (C=O) groups excluding carboxylic acids is 1. The van der Waals surface area contributed by atoms with E-state index in [4.69, 9.17) is 14.2 Å². The number of hydrogen-bond donors (Lipinski definition) is 0. The number of esters is 1. The van der Waals surface area contributed by atoms with E-state index in [1.165, 1.54) is 5.56 Å². The molecule has 0 spiro atoms. The summed E-state index contributed by atoms with van der Waals surface area (Å²) >= 11 is 0. The molecule has 27 heavy (non-hydrogen) atoms. The van der Waals surface area contributed by atoms with Crippen LogP contribution >= 0.6 is 0 Å². The lowest BCUT2D eigenvalue weighted by Gasteiger charge is -2.29. The molecule has 0 radical (unpaired) electrons. The third-order valence-electron chi connectivity index (χ3n) is 4.17. The quantitative estimate of drug-likeness (QED) is 0.286. The number of nitrogens with zero attached hydrogens (tertiary/aromatic N) is 1. The van der Waals surface area contributed by atoms with Crippen LogP contribution in [-0.4, -0.2) is 37.4 Å². The van der Waals surface area contributed by atoms with E-state index >= 15 is 0 Å². The van der Waals surface area contributed by atoms with Gasteiger partial charge >= 0.3 is 5.97 Å². The highest BCUT2D eigenvalue weighted by Gasteiger charge is 2.39. The van der Waals surface area contributed by atoms with Crippen molar-refractivity contribution in [3.8, 4) is 5.75 Å². The second-order valence-corrected chi connectivity index (χ2v) is 7.74. The first-order valence-electron chi connectivity index (χ1n) is 9.57. The standard InChI is InChI=1S/C21H31NO5/c1-5-25-19(23)14-16-13-18(16)15-7-9-17(10-8-15)26-12-6-11-22-20(24)27-21(2,3)4/h7-10,16,18H,5-6,11-14H2,1-4H3,(H,22,24)/p-1. The van der Waals surface area contributed by atoms with Crippen LogP contribution in [0.3, 0.4) is 0 Å². The fourth-order valence-electron chi connectivity index (χ4n) is 2.85. The zero-order chi connectivity index (χ0) is 19.9. The summed E-state index contributed by atoms with van der Waals surface area (Å²) in [5.74, 6) is 1.52. The lowest BCUT2D eigenvalue weighted by atomic mass is 10.1. The van der Waals surface area contributed by atoms with Crippen LogP contribution in [0.15, 0.2) is 29.3 Å². The van der Waals surface area contributed by atoms with Crippen LogP contribution in [0.25, 0.3) is 0 Å². The molecule has 0 heterocycles. The first kappa shape index (κ1) is 21.1. The summed E-state index contributed by atoms with van der Waals surface area (Å²) in [5.41, 5.74) is 0.715. The Hall–Kier alpha value is -2.24. The van der Waals surface area contributed by atoms with Crippen LogP contribution in [0, 0.1) is 5.92 Å². The van der Waals surface area contributed by atoms with Gasteiger partial charge in [-0.25, -0.2) is 0 Å². The van der Waals surface area contributed by atoms with E-state index in [9.17, 15) is 9.90 Å². The van der Waals surface area contributed by atoms with Crippen molar-refractivity contribution in [1.82, 2.24) is 0 Å². The van der Waals surface area contributed by atoms with Crippen molar-refractivity contribution in [3.63, 3.8) is 0 Å². The molecular formula is C21H30NO5-. The molecular weight excluding hydrogens is 346 g/mol. The largest absolute Gasteiger partial charge is 0.595 e. The highest BCUT2D eigenvalue weighted by molar-refractivity contribution is 5.70. The van der Waals surface area contributed by atoms with Gasteiger partial charge in [-0.05, 0) is 42.9 Å². The van der Waals surface area contributed by atoms with Gasteiger partial charge in [0.05, 0.1) is 13.2 Å². The number of hydrogen-bond acceptors (Lipinski definition) is 6. The molecule has 1 fully saturated rings. The Bertz CT molecular complexity index is 633. The summed E-state index contributed by atoms with van der Waals surface area (Å²) in [6.45, 7) is 8.57. The van der Waals surface area contributed by atoms with Crippen molar-refractivity contribution < 1.29 is 24.1 Å². The Kier molecular flexibility index (Phi) is 7.51. The maximum atomic E-state index is 11.5. The molecule has 1 aliphatic rings. The number of rotatable bonds is 9. The van der Waals surface area contributed by atoms with Crippen molar-refractivity contribution in [1.29, 1.82) is 0 Å². The first-order valence-corrected chi connectivity index (χ1v) is 9.57. The Balaban J connectivity index is 1.66. The van der Waals surface area contributed by atoms with E-state index in [-0.39, 0.29) is 5.97 Å². The van der Waals surface area contributed by atoms with Gasteiger partial charge in [0, 0.05) is 25.0 Å². The van der Waals surface area contributed by atoms with Crippen LogP contribution in [-0.2, 0) is 14.3 Å². The first-order chi connectivity index (χ1) is 12.8. The lowest BCUT2D eigenvalue weighted by Crippen LogP contribution is -2.32. The number of carbonyl (C=O) groups is 1. The van der Waals surface area contributed by atoms with Gasteiger partial charge in [0.15, 0.2) is 0 Å². The normalized spacial score (nSPS) is 19.5. The van der Waals surface area contributed by atoms with Crippen LogP contribution in [0.4, 0.5) is 0 Å². The van der Waals surface area contributed by atoms with Crippen LogP contribution < -0.4 is 9.84 Å². The van der Waals surface area contributed by atoms with Gasteiger partial charge in [-0.1, -0.05) is 32.9 Å².